The predicted octanol–water partition coefficient (Wildman–Crippen LogP) is 1.70. The summed E-state index contributed by atoms with van der Waals surface area (Å²) >= 11 is 0. The zero-order chi connectivity index (χ0) is 15.0. The first-order chi connectivity index (χ1) is 9.40. The van der Waals surface area contributed by atoms with Gasteiger partial charge in [-0.05, 0) is 27.7 Å². The van der Waals surface area contributed by atoms with Crippen LogP contribution in [-0.2, 0) is 4.74 Å². The standard InChI is InChI=1S/C15H29N3O2/c1-5-6-8-17-10-12-18(13-11-17)9-7-16-14(19)20-15(2,3)4/h5-6H,7-13H2,1-4H3,(H,16,19)/b6-5+. The summed E-state index contributed by atoms with van der Waals surface area (Å²) in [5.74, 6) is 0. The average Bonchev–Trinajstić information content (AvgIpc) is 2.35. The Morgan fingerprint density at radius 1 is 1.20 bits per heavy atom. The second-order valence-electron chi connectivity index (χ2n) is 6.14. The van der Waals surface area contributed by atoms with Crippen molar-refractivity contribution < 1.29 is 9.53 Å². The lowest BCUT2D eigenvalue weighted by atomic mass is 10.2. The maximum atomic E-state index is 11.5. The van der Waals surface area contributed by atoms with E-state index in [0.29, 0.717) is 6.54 Å². The Morgan fingerprint density at radius 3 is 2.35 bits per heavy atom. The Balaban J connectivity index is 2.11. The van der Waals surface area contributed by atoms with E-state index in [-0.39, 0.29) is 6.09 Å². The van der Waals surface area contributed by atoms with Crippen LogP contribution in [0.5, 0.6) is 0 Å². The highest BCUT2D eigenvalue weighted by Crippen LogP contribution is 2.06. The van der Waals surface area contributed by atoms with E-state index in [1.54, 1.807) is 0 Å². The lowest BCUT2D eigenvalue weighted by Crippen LogP contribution is -2.48. The van der Waals surface area contributed by atoms with Crippen molar-refractivity contribution in [3.8, 4) is 0 Å². The molecule has 0 bridgehead atoms. The van der Waals surface area contributed by atoms with Crippen molar-refractivity contribution in [3.05, 3.63) is 12.2 Å². The molecule has 1 aliphatic heterocycles. The molecule has 1 rings (SSSR count). The van der Waals surface area contributed by atoms with Crippen LogP contribution < -0.4 is 5.32 Å². The van der Waals surface area contributed by atoms with Crippen molar-refractivity contribution in [1.29, 1.82) is 0 Å². The summed E-state index contributed by atoms with van der Waals surface area (Å²) in [6.07, 6.45) is 3.96. The molecule has 0 aromatic carbocycles. The molecule has 5 heteroatoms. The van der Waals surface area contributed by atoms with Crippen LogP contribution in [-0.4, -0.2) is 67.3 Å². The Bertz CT molecular complexity index is 316. The summed E-state index contributed by atoms with van der Waals surface area (Å²) in [6, 6.07) is 0. The second-order valence-corrected chi connectivity index (χ2v) is 6.14. The van der Waals surface area contributed by atoms with E-state index in [1.807, 2.05) is 20.8 Å². The van der Waals surface area contributed by atoms with E-state index in [9.17, 15) is 4.79 Å². The van der Waals surface area contributed by atoms with Gasteiger partial charge in [0.25, 0.3) is 0 Å². The topological polar surface area (TPSA) is 44.8 Å². The number of carbonyl (C=O) groups excluding carboxylic acids is 1. The van der Waals surface area contributed by atoms with E-state index in [0.717, 1.165) is 39.3 Å². The summed E-state index contributed by atoms with van der Waals surface area (Å²) in [5, 5.41) is 2.80. The first-order valence-corrected chi connectivity index (χ1v) is 7.43. The van der Waals surface area contributed by atoms with Gasteiger partial charge in [-0.3, -0.25) is 9.80 Å². The quantitative estimate of drug-likeness (QED) is 0.780. The first kappa shape index (κ1) is 17.0. The summed E-state index contributed by atoms with van der Waals surface area (Å²) in [5.41, 5.74) is -0.428. The van der Waals surface area contributed by atoms with Crippen molar-refractivity contribution >= 4 is 6.09 Å². The summed E-state index contributed by atoms with van der Waals surface area (Å²) in [7, 11) is 0. The molecular weight excluding hydrogens is 254 g/mol. The van der Waals surface area contributed by atoms with Gasteiger partial charge in [-0.25, -0.2) is 4.79 Å². The van der Waals surface area contributed by atoms with Crippen LogP contribution in [0.15, 0.2) is 12.2 Å². The number of amides is 1. The van der Waals surface area contributed by atoms with Crippen LogP contribution in [0.1, 0.15) is 27.7 Å². The Labute approximate surface area is 122 Å². The van der Waals surface area contributed by atoms with Gasteiger partial charge in [-0.2, -0.15) is 0 Å². The van der Waals surface area contributed by atoms with Gasteiger partial charge in [0.1, 0.15) is 5.60 Å². The van der Waals surface area contributed by atoms with Gasteiger partial charge in [0.15, 0.2) is 0 Å². The lowest BCUT2D eigenvalue weighted by molar-refractivity contribution is 0.0517. The number of hydrogen-bond acceptors (Lipinski definition) is 4. The predicted molar refractivity (Wildman–Crippen MR) is 81.9 cm³/mol. The first-order valence-electron chi connectivity index (χ1n) is 7.43. The highest BCUT2D eigenvalue weighted by Gasteiger charge is 2.17. The number of rotatable bonds is 5. The smallest absolute Gasteiger partial charge is 0.407 e. The van der Waals surface area contributed by atoms with Gasteiger partial charge in [0.2, 0.25) is 0 Å². The van der Waals surface area contributed by atoms with Crippen LogP contribution in [0.25, 0.3) is 0 Å². The van der Waals surface area contributed by atoms with Gasteiger partial charge in [0, 0.05) is 45.8 Å². The third-order valence-electron chi connectivity index (χ3n) is 3.16. The molecule has 20 heavy (non-hydrogen) atoms. The number of ether oxygens (including phenoxy) is 1. The molecule has 0 saturated carbocycles. The third kappa shape index (κ3) is 7.50. The van der Waals surface area contributed by atoms with Gasteiger partial charge in [-0.15, -0.1) is 0 Å². The number of nitrogens with one attached hydrogen (secondary N) is 1. The minimum absolute atomic E-state index is 0.329. The Morgan fingerprint density at radius 2 is 1.80 bits per heavy atom. The van der Waals surface area contributed by atoms with Crippen molar-refractivity contribution in [2.45, 2.75) is 33.3 Å². The molecule has 0 unspecified atom stereocenters. The molecule has 0 atom stereocenters. The van der Waals surface area contributed by atoms with Gasteiger partial charge < -0.3 is 10.1 Å². The lowest BCUT2D eigenvalue weighted by Gasteiger charge is -2.34. The summed E-state index contributed by atoms with van der Waals surface area (Å²) in [6.45, 7) is 14.6. The molecule has 1 fully saturated rings. The zero-order valence-corrected chi connectivity index (χ0v) is 13.3. The molecule has 0 aromatic heterocycles. The van der Waals surface area contributed by atoms with Crippen LogP contribution in [0, 0.1) is 0 Å². The average molecular weight is 283 g/mol. The Hall–Kier alpha value is -1.07. The fourth-order valence-electron chi connectivity index (χ4n) is 2.08. The van der Waals surface area contributed by atoms with Gasteiger partial charge >= 0.3 is 6.09 Å². The highest BCUT2D eigenvalue weighted by molar-refractivity contribution is 5.67. The molecule has 0 aromatic rings. The SMILES string of the molecule is C/C=C/CN1CCN(CCNC(=O)OC(C)(C)C)CC1. The molecule has 5 nitrogen and oxygen atoms in total. The molecule has 116 valence electrons. The van der Waals surface area contributed by atoms with Crippen LogP contribution in [0.3, 0.4) is 0 Å². The molecule has 1 saturated heterocycles. The van der Waals surface area contributed by atoms with Crippen molar-refractivity contribution in [1.82, 2.24) is 15.1 Å². The molecule has 0 radical (unpaired) electrons. The van der Waals surface area contributed by atoms with Gasteiger partial charge in [0.05, 0.1) is 0 Å². The Kier molecular flexibility index (Phi) is 7.02. The van der Waals surface area contributed by atoms with Crippen LogP contribution in [0.2, 0.25) is 0 Å². The van der Waals surface area contributed by atoms with Crippen molar-refractivity contribution in [2.24, 2.45) is 0 Å². The molecule has 1 aliphatic rings. The number of piperazine rings is 1. The monoisotopic (exact) mass is 283 g/mol. The molecule has 0 aliphatic carbocycles. The van der Waals surface area contributed by atoms with E-state index in [4.69, 9.17) is 4.74 Å². The van der Waals surface area contributed by atoms with Crippen LogP contribution >= 0.6 is 0 Å². The largest absolute Gasteiger partial charge is 0.444 e. The fraction of sp³-hybridized carbons (Fsp3) is 0.800. The van der Waals surface area contributed by atoms with Crippen LogP contribution in [0.4, 0.5) is 4.79 Å². The maximum absolute atomic E-state index is 11.5. The third-order valence-corrected chi connectivity index (χ3v) is 3.16. The van der Waals surface area contributed by atoms with E-state index >= 15 is 0 Å². The number of hydrogen-bond donors (Lipinski definition) is 1. The fourth-order valence-corrected chi connectivity index (χ4v) is 2.08. The number of allylic oxidation sites excluding steroid dienone is 1. The molecular formula is C15H29N3O2. The van der Waals surface area contributed by atoms with E-state index in [1.165, 1.54) is 0 Å². The molecule has 0 spiro atoms. The molecule has 1 heterocycles. The number of carbonyl (C=O) groups is 1. The van der Waals surface area contributed by atoms with Crippen molar-refractivity contribution in [2.75, 3.05) is 45.8 Å². The molecule has 1 amide bonds. The summed E-state index contributed by atoms with van der Waals surface area (Å²) < 4.78 is 5.20. The number of alkyl carbamates (subject to hydrolysis) is 1. The molecule has 1 N–H and O–H groups in total. The van der Waals surface area contributed by atoms with Crippen molar-refractivity contribution in [3.63, 3.8) is 0 Å². The summed E-state index contributed by atoms with van der Waals surface area (Å²) in [4.78, 5) is 16.3. The maximum Gasteiger partial charge on any atom is 0.407 e. The minimum atomic E-state index is -0.428. The van der Waals surface area contributed by atoms with Gasteiger partial charge in [-0.1, -0.05) is 12.2 Å². The zero-order valence-electron chi connectivity index (χ0n) is 13.3. The minimum Gasteiger partial charge on any atom is -0.444 e. The van der Waals surface area contributed by atoms with E-state index in [2.05, 4.69) is 34.2 Å². The number of nitrogens with zero attached hydrogens (tertiary/aromatic N) is 2. The van der Waals surface area contributed by atoms with E-state index < -0.39 is 5.60 Å². The normalized spacial score (nSPS) is 18.4. The highest BCUT2D eigenvalue weighted by atomic mass is 16.6. The second kappa shape index (κ2) is 8.27.